The zero-order valence-electron chi connectivity index (χ0n) is 9.28. The Kier molecular flexibility index (Phi) is 3.45. The van der Waals surface area contributed by atoms with E-state index in [9.17, 15) is 13.2 Å². The lowest BCUT2D eigenvalue weighted by Crippen LogP contribution is -2.05. The van der Waals surface area contributed by atoms with Crippen LogP contribution in [0.3, 0.4) is 0 Å². The number of anilines is 1. The van der Waals surface area contributed by atoms with E-state index in [4.69, 9.17) is 0 Å². The number of aromatic nitrogens is 2. The van der Waals surface area contributed by atoms with Crippen molar-refractivity contribution in [2.75, 3.05) is 5.32 Å². The van der Waals surface area contributed by atoms with E-state index in [0.29, 0.717) is 12.2 Å². The minimum Gasteiger partial charge on any atom is -0.379 e. The van der Waals surface area contributed by atoms with E-state index in [1.54, 1.807) is 12.3 Å². The van der Waals surface area contributed by atoms with Crippen LogP contribution in [0, 0.1) is 0 Å². The summed E-state index contributed by atoms with van der Waals surface area (Å²) < 4.78 is 37.0. The van der Waals surface area contributed by atoms with Gasteiger partial charge in [0.1, 0.15) is 6.33 Å². The van der Waals surface area contributed by atoms with E-state index in [1.165, 1.54) is 18.5 Å². The van der Waals surface area contributed by atoms with Crippen LogP contribution in [0.15, 0.2) is 42.9 Å². The monoisotopic (exact) mass is 253 g/mol. The molecule has 1 N–H and O–H groups in total. The Balaban J connectivity index is 1.99. The number of halogens is 3. The predicted molar refractivity (Wildman–Crippen MR) is 60.8 cm³/mol. The maximum absolute atomic E-state index is 12.3. The highest BCUT2D eigenvalue weighted by atomic mass is 19.4. The summed E-state index contributed by atoms with van der Waals surface area (Å²) in [5.41, 5.74) is 0.724. The molecule has 0 saturated carbocycles. The van der Waals surface area contributed by atoms with Crippen LogP contribution in [0.5, 0.6) is 0 Å². The molecule has 0 fully saturated rings. The Morgan fingerprint density at radius 1 is 1.06 bits per heavy atom. The van der Waals surface area contributed by atoms with Crippen molar-refractivity contribution in [3.05, 3.63) is 54.1 Å². The first-order valence-corrected chi connectivity index (χ1v) is 5.22. The Bertz CT molecular complexity index is 494. The third-order valence-corrected chi connectivity index (χ3v) is 2.33. The number of nitrogens with one attached hydrogen (secondary N) is 1. The lowest BCUT2D eigenvalue weighted by molar-refractivity contribution is -0.137. The van der Waals surface area contributed by atoms with Crippen molar-refractivity contribution in [1.29, 1.82) is 0 Å². The standard InChI is InChI=1S/C12H10F3N3/c13-12(14,15)9-1-3-10(4-2-9)17-7-11-5-6-16-8-18-11/h1-6,8,17H,7H2. The number of rotatable bonds is 3. The molecule has 0 amide bonds. The highest BCUT2D eigenvalue weighted by Crippen LogP contribution is 2.29. The number of alkyl halides is 3. The molecule has 18 heavy (non-hydrogen) atoms. The second kappa shape index (κ2) is 5.03. The van der Waals surface area contributed by atoms with E-state index in [2.05, 4.69) is 15.3 Å². The number of nitrogens with zero attached hydrogens (tertiary/aromatic N) is 2. The molecule has 0 aliphatic carbocycles. The second-order valence-electron chi connectivity index (χ2n) is 3.63. The smallest absolute Gasteiger partial charge is 0.379 e. The Morgan fingerprint density at radius 3 is 2.33 bits per heavy atom. The van der Waals surface area contributed by atoms with Gasteiger partial charge < -0.3 is 5.32 Å². The lowest BCUT2D eigenvalue weighted by atomic mass is 10.2. The van der Waals surface area contributed by atoms with Crippen molar-refractivity contribution in [1.82, 2.24) is 9.97 Å². The molecule has 2 aromatic rings. The van der Waals surface area contributed by atoms with Gasteiger partial charge in [-0.2, -0.15) is 13.2 Å². The van der Waals surface area contributed by atoms with Crippen LogP contribution in [-0.4, -0.2) is 9.97 Å². The van der Waals surface area contributed by atoms with Crippen molar-refractivity contribution >= 4 is 5.69 Å². The molecule has 0 saturated heterocycles. The SMILES string of the molecule is FC(F)(F)c1ccc(NCc2ccncn2)cc1. The molecule has 1 heterocycles. The quantitative estimate of drug-likeness (QED) is 0.913. The van der Waals surface area contributed by atoms with Gasteiger partial charge in [-0.3, -0.25) is 0 Å². The molecule has 0 bridgehead atoms. The fourth-order valence-corrected chi connectivity index (χ4v) is 1.39. The van der Waals surface area contributed by atoms with Crippen molar-refractivity contribution in [3.63, 3.8) is 0 Å². The first kappa shape index (κ1) is 12.3. The molecule has 0 radical (unpaired) electrons. The van der Waals surface area contributed by atoms with Gasteiger partial charge in [0.15, 0.2) is 0 Å². The van der Waals surface area contributed by atoms with Crippen molar-refractivity contribution in [2.45, 2.75) is 12.7 Å². The molecule has 0 aliphatic rings. The normalized spacial score (nSPS) is 11.3. The van der Waals surface area contributed by atoms with Gasteiger partial charge in [-0.15, -0.1) is 0 Å². The molecule has 0 spiro atoms. The van der Waals surface area contributed by atoms with E-state index in [0.717, 1.165) is 17.8 Å². The highest BCUT2D eigenvalue weighted by Gasteiger charge is 2.29. The molecular weight excluding hydrogens is 243 g/mol. The number of benzene rings is 1. The summed E-state index contributed by atoms with van der Waals surface area (Å²) in [4.78, 5) is 7.77. The molecule has 0 atom stereocenters. The third-order valence-electron chi connectivity index (χ3n) is 2.33. The molecule has 1 aromatic heterocycles. The van der Waals surface area contributed by atoms with Crippen molar-refractivity contribution < 1.29 is 13.2 Å². The maximum atomic E-state index is 12.3. The fourth-order valence-electron chi connectivity index (χ4n) is 1.39. The summed E-state index contributed by atoms with van der Waals surface area (Å²) in [5.74, 6) is 0. The van der Waals surface area contributed by atoms with Gasteiger partial charge in [0.2, 0.25) is 0 Å². The largest absolute Gasteiger partial charge is 0.416 e. The fraction of sp³-hybridized carbons (Fsp3) is 0.167. The highest BCUT2D eigenvalue weighted by molar-refractivity contribution is 5.45. The van der Waals surface area contributed by atoms with Gasteiger partial charge in [-0.1, -0.05) is 0 Å². The Morgan fingerprint density at radius 2 is 1.78 bits per heavy atom. The van der Waals surface area contributed by atoms with Crippen LogP contribution in [0.1, 0.15) is 11.3 Å². The van der Waals surface area contributed by atoms with Gasteiger partial charge in [-0.05, 0) is 30.3 Å². The summed E-state index contributed by atoms with van der Waals surface area (Å²) >= 11 is 0. The second-order valence-corrected chi connectivity index (χ2v) is 3.63. The van der Waals surface area contributed by atoms with E-state index in [-0.39, 0.29) is 0 Å². The minimum absolute atomic E-state index is 0.438. The van der Waals surface area contributed by atoms with Crippen LogP contribution in [0.4, 0.5) is 18.9 Å². The van der Waals surface area contributed by atoms with Gasteiger partial charge in [0.25, 0.3) is 0 Å². The Hall–Kier alpha value is -2.11. The van der Waals surface area contributed by atoms with E-state index in [1.807, 2.05) is 0 Å². The van der Waals surface area contributed by atoms with Crippen LogP contribution in [0.25, 0.3) is 0 Å². The number of hydrogen-bond donors (Lipinski definition) is 1. The molecule has 0 aliphatic heterocycles. The summed E-state index contributed by atoms with van der Waals surface area (Å²) in [5, 5.41) is 2.98. The maximum Gasteiger partial charge on any atom is 0.416 e. The van der Waals surface area contributed by atoms with Gasteiger partial charge in [-0.25, -0.2) is 9.97 Å². The van der Waals surface area contributed by atoms with Gasteiger partial charge >= 0.3 is 6.18 Å². The zero-order chi connectivity index (χ0) is 13.0. The van der Waals surface area contributed by atoms with Gasteiger partial charge in [0.05, 0.1) is 17.8 Å². The molecule has 94 valence electrons. The summed E-state index contributed by atoms with van der Waals surface area (Å²) in [7, 11) is 0. The number of hydrogen-bond acceptors (Lipinski definition) is 3. The average Bonchev–Trinajstić information content (AvgIpc) is 2.37. The topological polar surface area (TPSA) is 37.8 Å². The van der Waals surface area contributed by atoms with Crippen LogP contribution < -0.4 is 5.32 Å². The lowest BCUT2D eigenvalue weighted by Gasteiger charge is -2.09. The van der Waals surface area contributed by atoms with Crippen LogP contribution in [-0.2, 0) is 12.7 Å². The Labute approximate surface area is 102 Å². The summed E-state index contributed by atoms with van der Waals surface area (Å²) in [6, 6.07) is 6.61. The summed E-state index contributed by atoms with van der Waals surface area (Å²) in [6.07, 6.45) is -1.27. The van der Waals surface area contributed by atoms with Crippen LogP contribution >= 0.6 is 0 Å². The van der Waals surface area contributed by atoms with Crippen LogP contribution in [0.2, 0.25) is 0 Å². The van der Waals surface area contributed by atoms with E-state index < -0.39 is 11.7 Å². The minimum atomic E-state index is -4.30. The average molecular weight is 253 g/mol. The molecule has 0 unspecified atom stereocenters. The summed E-state index contributed by atoms with van der Waals surface area (Å²) in [6.45, 7) is 0.438. The first-order valence-electron chi connectivity index (χ1n) is 5.22. The molecule has 6 heteroatoms. The molecule has 1 aromatic carbocycles. The van der Waals surface area contributed by atoms with Gasteiger partial charge in [0, 0.05) is 11.9 Å². The van der Waals surface area contributed by atoms with Crippen molar-refractivity contribution in [2.24, 2.45) is 0 Å². The van der Waals surface area contributed by atoms with Crippen molar-refractivity contribution in [3.8, 4) is 0 Å². The molecule has 2 rings (SSSR count). The predicted octanol–water partition coefficient (Wildman–Crippen LogP) is 3.11. The first-order chi connectivity index (χ1) is 8.55. The third kappa shape index (κ3) is 3.19. The van der Waals surface area contributed by atoms with E-state index >= 15 is 0 Å². The zero-order valence-corrected chi connectivity index (χ0v) is 9.28. The molecule has 3 nitrogen and oxygen atoms in total. The molecular formula is C12H10F3N3.